The van der Waals surface area contributed by atoms with Crippen LogP contribution in [0, 0.1) is 0 Å². The number of primary amides is 1. The van der Waals surface area contributed by atoms with Crippen molar-refractivity contribution in [3.05, 3.63) is 68.7 Å². The summed E-state index contributed by atoms with van der Waals surface area (Å²) in [4.78, 5) is 36.7. The summed E-state index contributed by atoms with van der Waals surface area (Å²) < 4.78 is 7.62. The Morgan fingerprint density at radius 1 is 1.12 bits per heavy atom. The predicted octanol–water partition coefficient (Wildman–Crippen LogP) is 3.94. The maximum Gasteiger partial charge on any atom is 0.332 e. The zero-order valence-electron chi connectivity index (χ0n) is 18.1. The zero-order chi connectivity index (χ0) is 23.2. The second kappa shape index (κ2) is 7.90. The Bertz CT molecular complexity index is 1400. The third-order valence-electron chi connectivity index (χ3n) is 5.16. The molecule has 4 aromatic rings. The lowest BCUT2D eigenvalue weighted by atomic mass is 9.87. The van der Waals surface area contributed by atoms with Gasteiger partial charge in [-0.25, -0.2) is 19.3 Å². The molecule has 2 aromatic heterocycles. The summed E-state index contributed by atoms with van der Waals surface area (Å²) in [5.41, 5.74) is 7.75. The smallest absolute Gasteiger partial charge is 0.332 e. The number of amides is 1. The lowest BCUT2D eigenvalue weighted by molar-refractivity contribution is 0.0997. The molecule has 0 atom stereocenters. The number of nitrogens with zero attached hydrogens (tertiary/aromatic N) is 3. The number of fused-ring (bicyclic) bond motifs is 1. The van der Waals surface area contributed by atoms with Crippen molar-refractivity contribution >= 4 is 33.0 Å². The molecule has 3 N–H and O–H groups in total. The highest BCUT2D eigenvalue weighted by Crippen LogP contribution is 2.32. The molecule has 0 unspecified atom stereocenters. The van der Waals surface area contributed by atoms with Crippen LogP contribution in [0.3, 0.4) is 0 Å². The van der Waals surface area contributed by atoms with E-state index in [4.69, 9.17) is 10.5 Å². The maximum atomic E-state index is 12.9. The summed E-state index contributed by atoms with van der Waals surface area (Å²) in [6.45, 7) is 6.34. The molecule has 0 bridgehead atoms. The van der Waals surface area contributed by atoms with Crippen LogP contribution < -0.4 is 16.2 Å². The summed E-state index contributed by atoms with van der Waals surface area (Å²) >= 11 is 3.43. The van der Waals surface area contributed by atoms with Crippen LogP contribution in [0.25, 0.3) is 28.2 Å². The number of carbonyl (C=O) groups excluding carboxylic acids is 1. The number of H-pyrrole nitrogens is 1. The normalized spacial score (nSPS) is 11.7. The van der Waals surface area contributed by atoms with E-state index in [9.17, 15) is 9.59 Å². The number of aromatic amines is 1. The van der Waals surface area contributed by atoms with Gasteiger partial charge in [0, 0.05) is 4.47 Å². The molecular weight excluding hydrogens is 474 g/mol. The van der Waals surface area contributed by atoms with Gasteiger partial charge in [0.05, 0.1) is 18.4 Å². The minimum Gasteiger partial charge on any atom is -0.496 e. The molecule has 0 saturated heterocycles. The molecule has 32 heavy (non-hydrogen) atoms. The number of hydrogen-bond acceptors (Lipinski definition) is 5. The standard InChI is InChI=1S/C23H22BrN5O3/c1-23(2,3)12-5-8-14(9-6-12)29-21-18(27-22(29)31)17(19(25)30)26-20(28-21)15-11-13(24)7-10-16(15)32-4/h5-11H,1-4H3,(H2,25,30)(H,27,31). The van der Waals surface area contributed by atoms with Gasteiger partial charge in [-0.15, -0.1) is 0 Å². The number of nitrogens with one attached hydrogen (secondary N) is 1. The third-order valence-corrected chi connectivity index (χ3v) is 5.66. The van der Waals surface area contributed by atoms with Crippen LogP contribution >= 0.6 is 15.9 Å². The lowest BCUT2D eigenvalue weighted by Gasteiger charge is -2.19. The topological polar surface area (TPSA) is 116 Å². The summed E-state index contributed by atoms with van der Waals surface area (Å²) in [7, 11) is 1.53. The molecule has 0 spiro atoms. The Morgan fingerprint density at radius 3 is 2.41 bits per heavy atom. The first kappa shape index (κ1) is 21.8. The third kappa shape index (κ3) is 3.80. The molecule has 0 saturated carbocycles. The number of imidazole rings is 1. The first-order valence-electron chi connectivity index (χ1n) is 9.87. The van der Waals surface area contributed by atoms with Gasteiger partial charge < -0.3 is 15.5 Å². The quantitative estimate of drug-likeness (QED) is 0.444. The van der Waals surface area contributed by atoms with Crippen LogP contribution in [0.5, 0.6) is 5.75 Å². The monoisotopic (exact) mass is 495 g/mol. The molecule has 4 rings (SSSR count). The van der Waals surface area contributed by atoms with Crippen molar-refractivity contribution in [3.63, 3.8) is 0 Å². The number of carbonyl (C=O) groups is 1. The minimum absolute atomic E-state index is 0.0323. The maximum absolute atomic E-state index is 12.9. The summed E-state index contributed by atoms with van der Waals surface area (Å²) in [5, 5.41) is 0. The highest BCUT2D eigenvalue weighted by molar-refractivity contribution is 9.10. The number of aromatic nitrogens is 4. The van der Waals surface area contributed by atoms with E-state index in [0.717, 1.165) is 10.0 Å². The Labute approximate surface area is 192 Å². The molecule has 0 radical (unpaired) electrons. The van der Waals surface area contributed by atoms with Gasteiger partial charge in [-0.2, -0.15) is 0 Å². The Balaban J connectivity index is 2.01. The van der Waals surface area contributed by atoms with Gasteiger partial charge in [-0.3, -0.25) is 4.79 Å². The fourth-order valence-electron chi connectivity index (χ4n) is 3.49. The number of ether oxygens (including phenoxy) is 1. The molecule has 2 aromatic carbocycles. The van der Waals surface area contributed by atoms with E-state index in [2.05, 4.69) is 51.7 Å². The SMILES string of the molecule is COc1ccc(Br)cc1-c1nc(C(N)=O)c2[nH]c(=O)n(-c3ccc(C(C)(C)C)cc3)c2n1. The van der Waals surface area contributed by atoms with E-state index in [1.807, 2.05) is 30.3 Å². The van der Waals surface area contributed by atoms with E-state index < -0.39 is 11.6 Å². The van der Waals surface area contributed by atoms with E-state index in [-0.39, 0.29) is 28.1 Å². The number of methoxy groups -OCH3 is 1. The first-order chi connectivity index (χ1) is 15.1. The Kier molecular flexibility index (Phi) is 5.37. The van der Waals surface area contributed by atoms with Crippen molar-refractivity contribution in [2.24, 2.45) is 5.73 Å². The predicted molar refractivity (Wildman–Crippen MR) is 126 cm³/mol. The van der Waals surface area contributed by atoms with Crippen LogP contribution in [-0.2, 0) is 5.41 Å². The zero-order valence-corrected chi connectivity index (χ0v) is 19.6. The van der Waals surface area contributed by atoms with E-state index in [1.54, 1.807) is 12.1 Å². The number of benzene rings is 2. The average Bonchev–Trinajstić information content (AvgIpc) is 3.07. The highest BCUT2D eigenvalue weighted by atomic mass is 79.9. The van der Waals surface area contributed by atoms with Crippen molar-refractivity contribution < 1.29 is 9.53 Å². The van der Waals surface area contributed by atoms with Gasteiger partial charge >= 0.3 is 5.69 Å². The van der Waals surface area contributed by atoms with Crippen molar-refractivity contribution in [3.8, 4) is 22.8 Å². The van der Waals surface area contributed by atoms with E-state index in [0.29, 0.717) is 17.0 Å². The Morgan fingerprint density at radius 2 is 1.81 bits per heavy atom. The Hall–Kier alpha value is -3.46. The molecular formula is C23H22BrN5O3. The number of halogens is 1. The lowest BCUT2D eigenvalue weighted by Crippen LogP contribution is -2.16. The average molecular weight is 496 g/mol. The molecule has 164 valence electrons. The fraction of sp³-hybridized carbons (Fsp3) is 0.217. The van der Waals surface area contributed by atoms with Crippen LogP contribution in [0.1, 0.15) is 36.8 Å². The molecule has 8 nitrogen and oxygen atoms in total. The first-order valence-corrected chi connectivity index (χ1v) is 10.7. The molecule has 0 aliphatic heterocycles. The van der Waals surface area contributed by atoms with Gasteiger partial charge in [0.1, 0.15) is 11.3 Å². The second-order valence-corrected chi connectivity index (χ2v) is 9.28. The van der Waals surface area contributed by atoms with Crippen LogP contribution in [0.15, 0.2) is 51.7 Å². The molecule has 0 fully saturated rings. The van der Waals surface area contributed by atoms with E-state index >= 15 is 0 Å². The van der Waals surface area contributed by atoms with Crippen molar-refractivity contribution in [1.29, 1.82) is 0 Å². The van der Waals surface area contributed by atoms with Gasteiger partial charge in [-0.1, -0.05) is 48.8 Å². The van der Waals surface area contributed by atoms with Gasteiger partial charge in [0.15, 0.2) is 17.2 Å². The highest BCUT2D eigenvalue weighted by Gasteiger charge is 2.22. The largest absolute Gasteiger partial charge is 0.496 e. The number of nitrogens with two attached hydrogens (primary N) is 1. The summed E-state index contributed by atoms with van der Waals surface area (Å²) in [6, 6.07) is 13.0. The summed E-state index contributed by atoms with van der Waals surface area (Å²) in [6.07, 6.45) is 0. The molecule has 0 aliphatic carbocycles. The van der Waals surface area contributed by atoms with E-state index in [1.165, 1.54) is 11.7 Å². The van der Waals surface area contributed by atoms with Crippen LogP contribution in [0.4, 0.5) is 0 Å². The van der Waals surface area contributed by atoms with Crippen molar-refractivity contribution in [1.82, 2.24) is 19.5 Å². The number of hydrogen-bond donors (Lipinski definition) is 2. The minimum atomic E-state index is -0.774. The van der Waals surface area contributed by atoms with Crippen molar-refractivity contribution in [2.75, 3.05) is 7.11 Å². The second-order valence-electron chi connectivity index (χ2n) is 8.37. The molecule has 1 amide bonds. The number of rotatable bonds is 4. The molecule has 0 aliphatic rings. The van der Waals surface area contributed by atoms with Gasteiger partial charge in [-0.05, 0) is 41.3 Å². The fourth-order valence-corrected chi connectivity index (χ4v) is 3.85. The van der Waals surface area contributed by atoms with Gasteiger partial charge in [0.25, 0.3) is 5.91 Å². The molecule has 2 heterocycles. The summed E-state index contributed by atoms with van der Waals surface area (Å²) in [5.74, 6) is -0.0467. The van der Waals surface area contributed by atoms with Gasteiger partial charge in [0.2, 0.25) is 0 Å². The van der Waals surface area contributed by atoms with Crippen LogP contribution in [0.2, 0.25) is 0 Å². The molecule has 9 heteroatoms. The van der Waals surface area contributed by atoms with Crippen molar-refractivity contribution in [2.45, 2.75) is 26.2 Å². The van der Waals surface area contributed by atoms with Crippen LogP contribution in [-0.4, -0.2) is 32.5 Å².